The molecule has 1 saturated heterocycles. The number of halogens is 1. The van der Waals surface area contributed by atoms with Crippen LogP contribution in [0.15, 0.2) is 12.4 Å². The van der Waals surface area contributed by atoms with Crippen molar-refractivity contribution in [3.05, 3.63) is 24.0 Å². The van der Waals surface area contributed by atoms with Crippen molar-refractivity contribution in [2.75, 3.05) is 13.6 Å². The summed E-state index contributed by atoms with van der Waals surface area (Å²) in [5.41, 5.74) is 0.433. The lowest BCUT2D eigenvalue weighted by atomic mass is 10.0. The first kappa shape index (κ1) is 9.21. The van der Waals surface area contributed by atoms with E-state index in [2.05, 4.69) is 21.9 Å². The zero-order chi connectivity index (χ0) is 10.5. The van der Waals surface area contributed by atoms with Gasteiger partial charge in [0, 0.05) is 18.0 Å². The minimum Gasteiger partial charge on any atom is -0.300 e. The van der Waals surface area contributed by atoms with E-state index in [1.54, 1.807) is 0 Å². The largest absolute Gasteiger partial charge is 0.300 e. The maximum absolute atomic E-state index is 12.7. The summed E-state index contributed by atoms with van der Waals surface area (Å²) in [4.78, 5) is 10.6. The van der Waals surface area contributed by atoms with E-state index in [1.165, 1.54) is 25.2 Å². The highest BCUT2D eigenvalue weighted by molar-refractivity contribution is 5.15. The lowest BCUT2D eigenvalue weighted by molar-refractivity contribution is 0.290. The molecule has 3 nitrogen and oxygen atoms in total. The molecule has 1 aromatic rings. The van der Waals surface area contributed by atoms with Crippen LogP contribution in [-0.2, 0) is 0 Å². The predicted octanol–water partition coefficient (Wildman–Crippen LogP) is 1.57. The Hall–Kier alpha value is -1.03. The molecule has 1 spiro atoms. The maximum Gasteiger partial charge on any atom is 0.159 e. The topological polar surface area (TPSA) is 29.0 Å². The molecule has 0 N–H and O–H groups in total. The number of likely N-dealkylation sites (tertiary alicyclic amines) is 1. The average molecular weight is 207 g/mol. The van der Waals surface area contributed by atoms with Crippen LogP contribution in [0.25, 0.3) is 0 Å². The fourth-order valence-corrected chi connectivity index (χ4v) is 2.64. The fourth-order valence-electron chi connectivity index (χ4n) is 2.64. The van der Waals surface area contributed by atoms with Crippen LogP contribution in [0.3, 0.4) is 0 Å². The van der Waals surface area contributed by atoms with Gasteiger partial charge in [-0.3, -0.25) is 4.90 Å². The Balaban J connectivity index is 1.82. The molecule has 4 heteroatoms. The smallest absolute Gasteiger partial charge is 0.159 e. The van der Waals surface area contributed by atoms with E-state index >= 15 is 0 Å². The molecule has 0 bridgehead atoms. The lowest BCUT2D eigenvalue weighted by Crippen LogP contribution is -2.26. The molecule has 0 aromatic carbocycles. The summed E-state index contributed by atoms with van der Waals surface area (Å²) in [7, 11) is 2.16. The molecule has 3 rings (SSSR count). The van der Waals surface area contributed by atoms with Gasteiger partial charge in [-0.15, -0.1) is 0 Å². The van der Waals surface area contributed by atoms with Gasteiger partial charge < -0.3 is 0 Å². The molecular weight excluding hydrogens is 193 g/mol. The summed E-state index contributed by atoms with van der Waals surface area (Å²) in [6.45, 7) is 1.01. The van der Waals surface area contributed by atoms with Crippen LogP contribution < -0.4 is 0 Å². The van der Waals surface area contributed by atoms with E-state index in [1.807, 2.05) is 0 Å². The van der Waals surface area contributed by atoms with Gasteiger partial charge >= 0.3 is 0 Å². The number of hydrogen-bond donors (Lipinski definition) is 0. The number of likely N-dealkylation sites (N-methyl/N-ethyl adjacent to an activating group) is 1. The second-order valence-electron chi connectivity index (χ2n) is 4.77. The third-order valence-corrected chi connectivity index (χ3v) is 3.76. The monoisotopic (exact) mass is 207 g/mol. The van der Waals surface area contributed by atoms with E-state index in [0.29, 0.717) is 11.5 Å². The van der Waals surface area contributed by atoms with Gasteiger partial charge in [0.1, 0.15) is 5.82 Å². The highest BCUT2D eigenvalue weighted by atomic mass is 19.1. The maximum atomic E-state index is 12.7. The molecule has 0 radical (unpaired) electrons. The first-order chi connectivity index (χ1) is 7.20. The second kappa shape index (κ2) is 2.98. The van der Waals surface area contributed by atoms with Gasteiger partial charge in [-0.2, -0.15) is 0 Å². The van der Waals surface area contributed by atoms with E-state index < -0.39 is 0 Å². The number of hydrogen-bond acceptors (Lipinski definition) is 3. The Labute approximate surface area is 88.3 Å². The quantitative estimate of drug-likeness (QED) is 0.700. The van der Waals surface area contributed by atoms with Gasteiger partial charge in [-0.1, -0.05) is 0 Å². The molecule has 1 unspecified atom stereocenters. The number of rotatable bonds is 1. The molecule has 1 aromatic heterocycles. The van der Waals surface area contributed by atoms with Crippen molar-refractivity contribution in [3.8, 4) is 0 Å². The van der Waals surface area contributed by atoms with Crippen molar-refractivity contribution in [1.82, 2.24) is 14.9 Å². The third kappa shape index (κ3) is 1.44. The van der Waals surface area contributed by atoms with E-state index in [9.17, 15) is 4.39 Å². The van der Waals surface area contributed by atoms with Crippen molar-refractivity contribution < 1.29 is 4.39 Å². The zero-order valence-electron chi connectivity index (χ0n) is 8.78. The minimum atomic E-state index is -0.355. The van der Waals surface area contributed by atoms with Gasteiger partial charge in [0.05, 0.1) is 12.4 Å². The van der Waals surface area contributed by atoms with Crippen molar-refractivity contribution >= 4 is 0 Å². The summed E-state index contributed by atoms with van der Waals surface area (Å²) in [5.74, 6) is 0.830. The number of aromatic nitrogens is 2. The molecule has 0 amide bonds. The van der Waals surface area contributed by atoms with Crippen LogP contribution in [0.5, 0.6) is 0 Å². The summed E-state index contributed by atoms with van der Waals surface area (Å²) in [6, 6.07) is 0. The molecule has 2 aliphatic rings. The van der Waals surface area contributed by atoms with Gasteiger partial charge in [-0.25, -0.2) is 14.4 Å². The molecule has 1 saturated carbocycles. The summed E-state index contributed by atoms with van der Waals surface area (Å²) >= 11 is 0. The fraction of sp³-hybridized carbons (Fsp3) is 0.636. The molecule has 2 heterocycles. The predicted molar refractivity (Wildman–Crippen MR) is 53.9 cm³/mol. The second-order valence-corrected chi connectivity index (χ2v) is 4.77. The highest BCUT2D eigenvalue weighted by Gasteiger charge is 2.53. The molecule has 15 heavy (non-hydrogen) atoms. The Morgan fingerprint density at radius 1 is 1.40 bits per heavy atom. The van der Waals surface area contributed by atoms with E-state index in [-0.39, 0.29) is 5.82 Å². The Bertz CT molecular complexity index is 372. The summed E-state index contributed by atoms with van der Waals surface area (Å²) in [6.07, 6.45) is 6.25. The van der Waals surface area contributed by atoms with Crippen LogP contribution in [0, 0.1) is 5.82 Å². The molecule has 1 aliphatic carbocycles. The van der Waals surface area contributed by atoms with Crippen molar-refractivity contribution in [2.24, 2.45) is 0 Å². The van der Waals surface area contributed by atoms with Crippen LogP contribution in [0.1, 0.15) is 31.0 Å². The van der Waals surface area contributed by atoms with Gasteiger partial charge in [0.15, 0.2) is 5.82 Å². The van der Waals surface area contributed by atoms with E-state index in [4.69, 9.17) is 0 Å². The molecule has 80 valence electrons. The summed E-state index contributed by atoms with van der Waals surface area (Å²) < 4.78 is 12.7. The van der Waals surface area contributed by atoms with Gasteiger partial charge in [-0.05, 0) is 26.3 Å². The average Bonchev–Trinajstić information content (AvgIpc) is 2.91. The Morgan fingerprint density at radius 3 is 2.60 bits per heavy atom. The third-order valence-electron chi connectivity index (χ3n) is 3.76. The normalized spacial score (nSPS) is 28.5. The van der Waals surface area contributed by atoms with Crippen LogP contribution in [0.2, 0.25) is 0 Å². The minimum absolute atomic E-state index is 0.355. The zero-order valence-corrected chi connectivity index (χ0v) is 8.78. The molecular formula is C11H14FN3. The van der Waals surface area contributed by atoms with Crippen molar-refractivity contribution in [3.63, 3.8) is 0 Å². The van der Waals surface area contributed by atoms with E-state index in [0.717, 1.165) is 18.8 Å². The Kier molecular flexibility index (Phi) is 1.83. The van der Waals surface area contributed by atoms with Crippen LogP contribution >= 0.6 is 0 Å². The first-order valence-corrected chi connectivity index (χ1v) is 5.38. The number of nitrogens with zero attached hydrogens (tertiary/aromatic N) is 3. The van der Waals surface area contributed by atoms with Crippen LogP contribution in [0.4, 0.5) is 4.39 Å². The first-order valence-electron chi connectivity index (χ1n) is 5.38. The SMILES string of the molecule is CN1CC(c2ncc(F)cn2)CC12CC2. The lowest BCUT2D eigenvalue weighted by Gasteiger charge is -2.16. The van der Waals surface area contributed by atoms with Gasteiger partial charge in [0.2, 0.25) is 0 Å². The summed E-state index contributed by atoms with van der Waals surface area (Å²) in [5, 5.41) is 0. The van der Waals surface area contributed by atoms with Gasteiger partial charge in [0.25, 0.3) is 0 Å². The standard InChI is InChI=1S/C11H14FN3/c1-15-7-8(4-11(15)2-3-11)10-13-5-9(12)6-14-10/h5-6,8H,2-4,7H2,1H3. The molecule has 1 aliphatic heterocycles. The van der Waals surface area contributed by atoms with Crippen molar-refractivity contribution in [1.29, 1.82) is 0 Å². The highest BCUT2D eigenvalue weighted by Crippen LogP contribution is 2.52. The molecule has 2 fully saturated rings. The molecule has 1 atom stereocenters. The van der Waals surface area contributed by atoms with Crippen molar-refractivity contribution in [2.45, 2.75) is 30.7 Å². The Morgan fingerprint density at radius 2 is 2.07 bits per heavy atom. The van der Waals surface area contributed by atoms with Crippen LogP contribution in [-0.4, -0.2) is 34.0 Å².